The van der Waals surface area contributed by atoms with Gasteiger partial charge in [-0.05, 0) is 12.8 Å². The fraction of sp³-hybridized carbons (Fsp3) is 0.833. The number of carbonyl (C=O) groups is 1. The molecule has 1 amide bonds. The molecule has 0 aromatic carbocycles. The second kappa shape index (κ2) is 9.51. The van der Waals surface area contributed by atoms with Gasteiger partial charge in [-0.3, -0.25) is 4.79 Å². The van der Waals surface area contributed by atoms with Gasteiger partial charge in [-0.2, -0.15) is 5.26 Å². The number of hydrogen-bond donors (Lipinski definition) is 1. The predicted octanol–water partition coefficient (Wildman–Crippen LogP) is 2.62. The van der Waals surface area contributed by atoms with Crippen molar-refractivity contribution in [3.8, 4) is 6.07 Å². The van der Waals surface area contributed by atoms with Crippen molar-refractivity contribution in [1.29, 1.82) is 5.26 Å². The van der Waals surface area contributed by atoms with Crippen molar-refractivity contribution < 1.29 is 4.79 Å². The standard InChI is InChI=1S/C12H22N2O/c1-3-5-6-7-8-11(4-2)12(15)14-10-9-13/h11H,3-8,10H2,1-2H3,(H,14,15)/t11-/m1/s1. The highest BCUT2D eigenvalue weighted by Gasteiger charge is 2.14. The summed E-state index contributed by atoms with van der Waals surface area (Å²) >= 11 is 0. The molecule has 0 aliphatic heterocycles. The van der Waals surface area contributed by atoms with E-state index in [4.69, 9.17) is 5.26 Å². The zero-order valence-corrected chi connectivity index (χ0v) is 9.88. The largest absolute Gasteiger partial charge is 0.343 e. The normalized spacial score (nSPS) is 11.8. The molecule has 0 heterocycles. The van der Waals surface area contributed by atoms with Gasteiger partial charge in [0.05, 0.1) is 6.07 Å². The predicted molar refractivity (Wildman–Crippen MR) is 61.2 cm³/mol. The summed E-state index contributed by atoms with van der Waals surface area (Å²) in [4.78, 5) is 11.5. The molecule has 0 saturated carbocycles. The smallest absolute Gasteiger partial charge is 0.223 e. The number of unbranched alkanes of at least 4 members (excludes halogenated alkanes) is 3. The van der Waals surface area contributed by atoms with E-state index in [2.05, 4.69) is 12.2 Å². The van der Waals surface area contributed by atoms with E-state index in [0.717, 1.165) is 19.3 Å². The molecule has 15 heavy (non-hydrogen) atoms. The summed E-state index contributed by atoms with van der Waals surface area (Å²) in [5, 5.41) is 11.0. The van der Waals surface area contributed by atoms with Crippen molar-refractivity contribution in [3.05, 3.63) is 0 Å². The van der Waals surface area contributed by atoms with Gasteiger partial charge in [0, 0.05) is 5.92 Å². The Morgan fingerprint density at radius 3 is 2.60 bits per heavy atom. The fourth-order valence-corrected chi connectivity index (χ4v) is 1.61. The Bertz CT molecular complexity index is 208. The quantitative estimate of drug-likeness (QED) is 0.494. The van der Waals surface area contributed by atoms with Gasteiger partial charge < -0.3 is 5.32 Å². The minimum atomic E-state index is 0.0375. The maximum atomic E-state index is 11.5. The van der Waals surface area contributed by atoms with Crippen LogP contribution in [-0.4, -0.2) is 12.5 Å². The maximum Gasteiger partial charge on any atom is 0.223 e. The van der Waals surface area contributed by atoms with E-state index in [1.165, 1.54) is 19.3 Å². The number of hydrogen-bond acceptors (Lipinski definition) is 2. The summed E-state index contributed by atoms with van der Waals surface area (Å²) < 4.78 is 0. The Morgan fingerprint density at radius 2 is 2.07 bits per heavy atom. The average molecular weight is 210 g/mol. The van der Waals surface area contributed by atoms with Crippen LogP contribution in [0.5, 0.6) is 0 Å². The van der Waals surface area contributed by atoms with Gasteiger partial charge in [0.1, 0.15) is 6.54 Å². The number of nitriles is 1. The Hall–Kier alpha value is -1.04. The molecule has 0 aliphatic rings. The highest BCUT2D eigenvalue weighted by atomic mass is 16.1. The summed E-state index contributed by atoms with van der Waals surface area (Å²) in [5.74, 6) is 0.130. The number of nitrogens with zero attached hydrogens (tertiary/aromatic N) is 1. The Kier molecular flexibility index (Phi) is 8.85. The van der Waals surface area contributed by atoms with Crippen molar-refractivity contribution >= 4 is 5.91 Å². The zero-order valence-electron chi connectivity index (χ0n) is 9.88. The van der Waals surface area contributed by atoms with Crippen molar-refractivity contribution in [1.82, 2.24) is 5.32 Å². The molecule has 3 heteroatoms. The van der Waals surface area contributed by atoms with Crippen molar-refractivity contribution in [2.45, 2.75) is 52.4 Å². The molecule has 1 atom stereocenters. The molecule has 0 radical (unpaired) electrons. The summed E-state index contributed by atoms with van der Waals surface area (Å²) in [6.45, 7) is 4.33. The van der Waals surface area contributed by atoms with Gasteiger partial charge in [-0.25, -0.2) is 0 Å². The van der Waals surface area contributed by atoms with E-state index < -0.39 is 0 Å². The van der Waals surface area contributed by atoms with E-state index in [0.29, 0.717) is 0 Å². The third-order valence-electron chi connectivity index (χ3n) is 2.61. The molecule has 0 rings (SSSR count). The van der Waals surface area contributed by atoms with Crippen LogP contribution in [0.25, 0.3) is 0 Å². The molecule has 0 aromatic rings. The van der Waals surface area contributed by atoms with Crippen LogP contribution in [0.3, 0.4) is 0 Å². The third-order valence-corrected chi connectivity index (χ3v) is 2.61. The highest BCUT2D eigenvalue weighted by molar-refractivity contribution is 5.78. The van der Waals surface area contributed by atoms with Gasteiger partial charge >= 0.3 is 0 Å². The molecule has 0 fully saturated rings. The molecular weight excluding hydrogens is 188 g/mol. The Morgan fingerprint density at radius 1 is 1.33 bits per heavy atom. The lowest BCUT2D eigenvalue weighted by Crippen LogP contribution is -2.30. The molecule has 1 N–H and O–H groups in total. The van der Waals surface area contributed by atoms with Crippen LogP contribution in [0.1, 0.15) is 52.4 Å². The molecule has 0 aliphatic carbocycles. The lowest BCUT2D eigenvalue weighted by Gasteiger charge is -2.13. The molecular formula is C12H22N2O. The zero-order chi connectivity index (χ0) is 11.5. The van der Waals surface area contributed by atoms with E-state index in [1.54, 1.807) is 0 Å². The van der Waals surface area contributed by atoms with Crippen LogP contribution in [0.2, 0.25) is 0 Å². The number of carbonyl (C=O) groups excluding carboxylic acids is 1. The average Bonchev–Trinajstić information content (AvgIpc) is 2.26. The summed E-state index contributed by atoms with van der Waals surface area (Å²) in [6, 6.07) is 1.92. The monoisotopic (exact) mass is 210 g/mol. The second-order valence-corrected chi connectivity index (χ2v) is 3.83. The summed E-state index contributed by atoms with van der Waals surface area (Å²) in [5.41, 5.74) is 0. The first-order chi connectivity index (χ1) is 7.26. The Balaban J connectivity index is 3.71. The van der Waals surface area contributed by atoms with Gasteiger partial charge in [0.2, 0.25) is 5.91 Å². The topological polar surface area (TPSA) is 52.9 Å². The van der Waals surface area contributed by atoms with Crippen molar-refractivity contribution in [3.63, 3.8) is 0 Å². The van der Waals surface area contributed by atoms with Crippen molar-refractivity contribution in [2.75, 3.05) is 6.54 Å². The molecule has 3 nitrogen and oxygen atoms in total. The first kappa shape index (κ1) is 14.0. The maximum absolute atomic E-state index is 11.5. The summed E-state index contributed by atoms with van der Waals surface area (Å²) in [7, 11) is 0. The first-order valence-corrected chi connectivity index (χ1v) is 5.90. The Labute approximate surface area is 92.9 Å². The van der Waals surface area contributed by atoms with Crippen LogP contribution in [0.15, 0.2) is 0 Å². The number of rotatable bonds is 8. The van der Waals surface area contributed by atoms with E-state index in [-0.39, 0.29) is 18.4 Å². The van der Waals surface area contributed by atoms with Crippen LogP contribution < -0.4 is 5.32 Å². The highest BCUT2D eigenvalue weighted by Crippen LogP contribution is 2.14. The van der Waals surface area contributed by atoms with Crippen LogP contribution in [-0.2, 0) is 4.79 Å². The first-order valence-electron chi connectivity index (χ1n) is 5.90. The third kappa shape index (κ3) is 6.96. The fourth-order valence-electron chi connectivity index (χ4n) is 1.61. The van der Waals surface area contributed by atoms with Crippen LogP contribution >= 0.6 is 0 Å². The molecule has 0 bridgehead atoms. The summed E-state index contributed by atoms with van der Waals surface area (Å²) in [6.07, 6.45) is 6.61. The van der Waals surface area contributed by atoms with E-state index in [1.807, 2.05) is 13.0 Å². The van der Waals surface area contributed by atoms with E-state index in [9.17, 15) is 4.79 Å². The van der Waals surface area contributed by atoms with Gasteiger partial charge in [0.15, 0.2) is 0 Å². The minimum absolute atomic E-state index is 0.0375. The number of nitrogens with one attached hydrogen (secondary N) is 1. The minimum Gasteiger partial charge on any atom is -0.343 e. The molecule has 86 valence electrons. The van der Waals surface area contributed by atoms with Gasteiger partial charge in [-0.1, -0.05) is 39.5 Å². The van der Waals surface area contributed by atoms with Gasteiger partial charge in [0.25, 0.3) is 0 Å². The second-order valence-electron chi connectivity index (χ2n) is 3.83. The van der Waals surface area contributed by atoms with Crippen LogP contribution in [0.4, 0.5) is 0 Å². The molecule has 0 spiro atoms. The SMILES string of the molecule is CCCCCC[C@@H](CC)C(=O)NCC#N. The van der Waals surface area contributed by atoms with Crippen LogP contribution in [0, 0.1) is 17.2 Å². The van der Waals surface area contributed by atoms with E-state index >= 15 is 0 Å². The molecule has 0 unspecified atom stereocenters. The van der Waals surface area contributed by atoms with Gasteiger partial charge in [-0.15, -0.1) is 0 Å². The lowest BCUT2D eigenvalue weighted by atomic mass is 9.97. The molecule has 0 aromatic heterocycles. The lowest BCUT2D eigenvalue weighted by molar-refractivity contribution is -0.125. The number of amides is 1. The molecule has 0 saturated heterocycles. The van der Waals surface area contributed by atoms with Crippen molar-refractivity contribution in [2.24, 2.45) is 5.92 Å².